The number of ether oxygens (including phenoxy) is 1. The predicted octanol–water partition coefficient (Wildman–Crippen LogP) is 2.30. The zero-order valence-corrected chi connectivity index (χ0v) is 15.5. The lowest BCUT2D eigenvalue weighted by molar-refractivity contribution is -0.158. The van der Waals surface area contributed by atoms with E-state index in [2.05, 4.69) is 4.72 Å². The molecule has 0 spiro atoms. The normalized spacial score (nSPS) is 13.3. The smallest absolute Gasteiger partial charge is 0.322 e. The maximum Gasteiger partial charge on any atom is 0.322 e. The van der Waals surface area contributed by atoms with E-state index >= 15 is 0 Å². The van der Waals surface area contributed by atoms with Gasteiger partial charge in [-0.1, -0.05) is 30.3 Å². The second-order valence-corrected chi connectivity index (χ2v) is 8.53. The first kappa shape index (κ1) is 19.9. The largest absolute Gasteiger partial charge is 0.480 e. The first-order valence-electron chi connectivity index (χ1n) is 7.94. The van der Waals surface area contributed by atoms with Crippen molar-refractivity contribution in [1.29, 1.82) is 0 Å². The van der Waals surface area contributed by atoms with Crippen LogP contribution in [0.3, 0.4) is 0 Å². The van der Waals surface area contributed by atoms with Crippen LogP contribution in [0.15, 0.2) is 47.4 Å². The van der Waals surface area contributed by atoms with Gasteiger partial charge in [-0.25, -0.2) is 8.42 Å². The summed E-state index contributed by atoms with van der Waals surface area (Å²) in [7, 11) is -4.12. The number of sulfonamides is 1. The number of carboxylic acid groups (broad SMARTS) is 1. The second-order valence-electron chi connectivity index (χ2n) is 6.81. The van der Waals surface area contributed by atoms with Gasteiger partial charge in [0.25, 0.3) is 0 Å². The maximum atomic E-state index is 12.5. The van der Waals surface area contributed by atoms with E-state index in [1.165, 1.54) is 12.1 Å². The first-order chi connectivity index (χ1) is 12.0. The van der Waals surface area contributed by atoms with Crippen molar-refractivity contribution in [2.45, 2.75) is 43.7 Å². The average Bonchev–Trinajstić information content (AvgIpc) is 2.51. The molecule has 26 heavy (non-hydrogen) atoms. The summed E-state index contributed by atoms with van der Waals surface area (Å²) in [5.41, 5.74) is -0.794. The van der Waals surface area contributed by atoms with E-state index in [-0.39, 0.29) is 4.90 Å². The molecule has 7 nitrogen and oxygen atoms in total. The molecule has 0 saturated heterocycles. The van der Waals surface area contributed by atoms with Crippen molar-refractivity contribution in [1.82, 2.24) is 4.72 Å². The van der Waals surface area contributed by atoms with E-state index in [4.69, 9.17) is 4.74 Å². The third kappa shape index (κ3) is 5.27. The Bertz CT molecular complexity index is 930. The summed E-state index contributed by atoms with van der Waals surface area (Å²) >= 11 is 0. The van der Waals surface area contributed by atoms with Crippen molar-refractivity contribution in [2.75, 3.05) is 0 Å². The van der Waals surface area contributed by atoms with Crippen LogP contribution >= 0.6 is 0 Å². The van der Waals surface area contributed by atoms with Gasteiger partial charge in [-0.05, 0) is 43.7 Å². The first-order valence-corrected chi connectivity index (χ1v) is 9.42. The molecule has 0 fully saturated rings. The monoisotopic (exact) mass is 379 g/mol. The van der Waals surface area contributed by atoms with Crippen molar-refractivity contribution in [2.24, 2.45) is 0 Å². The van der Waals surface area contributed by atoms with E-state index < -0.39 is 40.0 Å². The Balaban J connectivity index is 2.22. The lowest BCUT2D eigenvalue weighted by atomic mass is 10.1. The molecule has 8 heteroatoms. The quantitative estimate of drug-likeness (QED) is 0.745. The molecular formula is C18H21NO6S. The molecule has 2 aromatic rings. The summed E-state index contributed by atoms with van der Waals surface area (Å²) < 4.78 is 32.2. The second kappa shape index (κ2) is 7.43. The summed E-state index contributed by atoms with van der Waals surface area (Å²) in [6.07, 6.45) is -0.612. The maximum absolute atomic E-state index is 12.5. The molecule has 0 amide bonds. The van der Waals surface area contributed by atoms with Crippen molar-refractivity contribution >= 4 is 32.7 Å². The number of esters is 1. The highest BCUT2D eigenvalue weighted by atomic mass is 32.2. The SMILES string of the molecule is CC(C)(C)OC(=O)C[C@H](NS(=O)(=O)c1ccc2ccccc2c1)C(=O)O. The van der Waals surface area contributed by atoms with E-state index in [0.717, 1.165) is 5.39 Å². The van der Waals surface area contributed by atoms with Crippen LogP contribution in [0.5, 0.6) is 0 Å². The van der Waals surface area contributed by atoms with Crippen LogP contribution in [-0.2, 0) is 24.3 Å². The Kier molecular flexibility index (Phi) is 5.68. The minimum Gasteiger partial charge on any atom is -0.480 e. The lowest BCUT2D eigenvalue weighted by Crippen LogP contribution is -2.43. The van der Waals surface area contributed by atoms with Gasteiger partial charge in [0.1, 0.15) is 11.6 Å². The van der Waals surface area contributed by atoms with Gasteiger partial charge in [0.05, 0.1) is 11.3 Å². The zero-order valence-electron chi connectivity index (χ0n) is 14.7. The molecule has 2 rings (SSSR count). The van der Waals surface area contributed by atoms with E-state index in [0.29, 0.717) is 5.39 Å². The number of carboxylic acids is 1. The van der Waals surface area contributed by atoms with Crippen molar-refractivity contribution < 1.29 is 27.9 Å². The Morgan fingerprint density at radius 1 is 1.12 bits per heavy atom. The number of hydrogen-bond acceptors (Lipinski definition) is 5. The average molecular weight is 379 g/mol. The molecule has 1 atom stereocenters. The topological polar surface area (TPSA) is 110 Å². The molecule has 0 radical (unpaired) electrons. The van der Waals surface area contributed by atoms with Crippen LogP contribution in [0.2, 0.25) is 0 Å². The van der Waals surface area contributed by atoms with Gasteiger partial charge in [-0.15, -0.1) is 0 Å². The fraction of sp³-hybridized carbons (Fsp3) is 0.333. The number of carbonyl (C=O) groups is 2. The Labute approximate surface area is 152 Å². The van der Waals surface area contributed by atoms with E-state index in [1.54, 1.807) is 39.0 Å². The van der Waals surface area contributed by atoms with Crippen LogP contribution in [0.25, 0.3) is 10.8 Å². The van der Waals surface area contributed by atoms with Gasteiger partial charge in [0.15, 0.2) is 0 Å². The van der Waals surface area contributed by atoms with Crippen LogP contribution in [0, 0.1) is 0 Å². The summed E-state index contributed by atoms with van der Waals surface area (Å²) in [6.45, 7) is 4.92. The van der Waals surface area contributed by atoms with Gasteiger partial charge in [-0.2, -0.15) is 4.72 Å². The summed E-state index contributed by atoms with van der Waals surface area (Å²) in [5.74, 6) is -2.26. The molecule has 2 aromatic carbocycles. The Morgan fingerprint density at radius 2 is 1.73 bits per heavy atom. The third-order valence-electron chi connectivity index (χ3n) is 3.42. The highest BCUT2D eigenvalue weighted by molar-refractivity contribution is 7.89. The molecule has 140 valence electrons. The molecule has 0 aliphatic heterocycles. The number of benzene rings is 2. The van der Waals surface area contributed by atoms with Crippen molar-refractivity contribution in [3.8, 4) is 0 Å². The van der Waals surface area contributed by atoms with Crippen molar-refractivity contribution in [3.05, 3.63) is 42.5 Å². The standard InChI is InChI=1S/C18H21NO6S/c1-18(2,3)25-16(20)11-15(17(21)22)19-26(23,24)14-9-8-12-6-4-5-7-13(12)10-14/h4-10,15,19H,11H2,1-3H3,(H,21,22)/t15-/m0/s1. The van der Waals surface area contributed by atoms with Crippen LogP contribution in [0.1, 0.15) is 27.2 Å². The van der Waals surface area contributed by atoms with Gasteiger partial charge < -0.3 is 9.84 Å². The minimum absolute atomic E-state index is 0.0772. The summed E-state index contributed by atoms with van der Waals surface area (Å²) in [5, 5.41) is 10.8. The summed E-state index contributed by atoms with van der Waals surface area (Å²) in [6, 6.07) is 10.0. The van der Waals surface area contributed by atoms with Crippen LogP contribution in [-0.4, -0.2) is 37.1 Å². The Hall–Kier alpha value is -2.45. The summed E-state index contributed by atoms with van der Waals surface area (Å²) in [4.78, 5) is 23.2. The molecule has 0 bridgehead atoms. The molecule has 0 aliphatic rings. The number of aliphatic carboxylic acids is 1. The number of carbonyl (C=O) groups excluding carboxylic acids is 1. The molecule has 0 aromatic heterocycles. The number of fused-ring (bicyclic) bond motifs is 1. The fourth-order valence-electron chi connectivity index (χ4n) is 2.32. The van der Waals surface area contributed by atoms with Gasteiger partial charge >= 0.3 is 11.9 Å². The van der Waals surface area contributed by atoms with Crippen LogP contribution < -0.4 is 4.72 Å². The molecule has 2 N–H and O–H groups in total. The van der Waals surface area contributed by atoms with E-state index in [9.17, 15) is 23.1 Å². The number of nitrogens with one attached hydrogen (secondary N) is 1. The number of hydrogen-bond donors (Lipinski definition) is 2. The Morgan fingerprint density at radius 3 is 2.31 bits per heavy atom. The molecule has 0 saturated carbocycles. The third-order valence-corrected chi connectivity index (χ3v) is 4.89. The molecule has 0 unspecified atom stereocenters. The van der Waals surface area contributed by atoms with Crippen molar-refractivity contribution in [3.63, 3.8) is 0 Å². The lowest BCUT2D eigenvalue weighted by Gasteiger charge is -2.21. The minimum atomic E-state index is -4.12. The van der Waals surface area contributed by atoms with Gasteiger partial charge in [0.2, 0.25) is 10.0 Å². The molecule has 0 heterocycles. The van der Waals surface area contributed by atoms with E-state index in [1.807, 2.05) is 12.1 Å². The predicted molar refractivity (Wildman–Crippen MR) is 96.2 cm³/mol. The van der Waals surface area contributed by atoms with Gasteiger partial charge in [-0.3, -0.25) is 9.59 Å². The molecular weight excluding hydrogens is 358 g/mol. The molecule has 0 aliphatic carbocycles. The number of rotatable bonds is 6. The van der Waals surface area contributed by atoms with Gasteiger partial charge in [0, 0.05) is 0 Å². The highest BCUT2D eigenvalue weighted by Gasteiger charge is 2.29. The zero-order chi connectivity index (χ0) is 19.5. The fourth-order valence-corrected chi connectivity index (χ4v) is 3.54. The van der Waals surface area contributed by atoms with Crippen LogP contribution in [0.4, 0.5) is 0 Å². The highest BCUT2D eigenvalue weighted by Crippen LogP contribution is 2.19.